The standard InChI is InChI=1S/C22H32N2O6/c1-14-15(2)20(22(29)24(16(14)3)17-8-5-4-6-9-17)21(28)23-12-13-30-19(27)11-7-10-18(25)26/h17H,4-13H2,1-3H3,(H,23,28)(H,25,26). The minimum Gasteiger partial charge on any atom is -0.481 e. The van der Waals surface area contributed by atoms with Gasteiger partial charge in [-0.2, -0.15) is 0 Å². The average molecular weight is 421 g/mol. The Hall–Kier alpha value is -2.64. The Morgan fingerprint density at radius 2 is 1.73 bits per heavy atom. The third-order valence-electron chi connectivity index (χ3n) is 5.86. The molecule has 30 heavy (non-hydrogen) atoms. The third kappa shape index (κ3) is 5.93. The molecular weight excluding hydrogens is 388 g/mol. The molecule has 0 atom stereocenters. The van der Waals surface area contributed by atoms with Crippen LogP contribution in [0.1, 0.15) is 84.6 Å². The Kier molecular flexibility index (Phi) is 8.62. The molecule has 8 heteroatoms. The molecule has 1 aliphatic carbocycles. The number of hydrogen-bond acceptors (Lipinski definition) is 5. The molecule has 2 N–H and O–H groups in total. The monoisotopic (exact) mass is 420 g/mol. The van der Waals surface area contributed by atoms with Crippen LogP contribution in [0.25, 0.3) is 0 Å². The summed E-state index contributed by atoms with van der Waals surface area (Å²) in [4.78, 5) is 47.9. The highest BCUT2D eigenvalue weighted by molar-refractivity contribution is 5.95. The van der Waals surface area contributed by atoms with Gasteiger partial charge in [-0.25, -0.2) is 0 Å². The number of ether oxygens (including phenoxy) is 1. The minimum atomic E-state index is -0.960. The predicted molar refractivity (Wildman–Crippen MR) is 112 cm³/mol. The second-order valence-corrected chi connectivity index (χ2v) is 7.90. The number of rotatable bonds is 9. The largest absolute Gasteiger partial charge is 0.481 e. The van der Waals surface area contributed by atoms with E-state index < -0.39 is 17.8 Å². The van der Waals surface area contributed by atoms with E-state index >= 15 is 0 Å². The molecule has 1 aromatic heterocycles. The van der Waals surface area contributed by atoms with Crippen molar-refractivity contribution in [2.24, 2.45) is 0 Å². The number of aromatic nitrogens is 1. The topological polar surface area (TPSA) is 115 Å². The van der Waals surface area contributed by atoms with Crippen LogP contribution >= 0.6 is 0 Å². The summed E-state index contributed by atoms with van der Waals surface area (Å²) >= 11 is 0. The fourth-order valence-electron chi connectivity index (χ4n) is 3.99. The van der Waals surface area contributed by atoms with Gasteiger partial charge in [0.25, 0.3) is 11.5 Å². The van der Waals surface area contributed by atoms with Crippen molar-refractivity contribution in [1.82, 2.24) is 9.88 Å². The van der Waals surface area contributed by atoms with Crippen LogP contribution in [0.15, 0.2) is 4.79 Å². The predicted octanol–water partition coefficient (Wildman–Crippen LogP) is 2.81. The van der Waals surface area contributed by atoms with Crippen LogP contribution < -0.4 is 10.9 Å². The number of carboxylic acids is 1. The van der Waals surface area contributed by atoms with Gasteiger partial charge >= 0.3 is 11.9 Å². The molecule has 1 aromatic rings. The van der Waals surface area contributed by atoms with Gasteiger partial charge in [-0.3, -0.25) is 19.2 Å². The number of aliphatic carboxylic acids is 1. The number of carboxylic acid groups (broad SMARTS) is 1. The molecule has 8 nitrogen and oxygen atoms in total. The van der Waals surface area contributed by atoms with E-state index in [1.807, 2.05) is 13.8 Å². The normalized spacial score (nSPS) is 14.4. The molecule has 0 aromatic carbocycles. The number of nitrogens with one attached hydrogen (secondary N) is 1. The Bertz CT molecular complexity index is 852. The molecule has 1 aliphatic rings. The van der Waals surface area contributed by atoms with E-state index in [9.17, 15) is 19.2 Å². The van der Waals surface area contributed by atoms with Gasteiger partial charge in [0.15, 0.2) is 0 Å². The maximum atomic E-state index is 13.2. The van der Waals surface area contributed by atoms with Crippen LogP contribution in [0, 0.1) is 20.8 Å². The van der Waals surface area contributed by atoms with Crippen LogP contribution in [0.5, 0.6) is 0 Å². The summed E-state index contributed by atoms with van der Waals surface area (Å²) in [6, 6.07) is 0.129. The van der Waals surface area contributed by atoms with Crippen molar-refractivity contribution in [2.45, 2.75) is 78.2 Å². The first-order valence-electron chi connectivity index (χ1n) is 10.6. The molecular formula is C22H32N2O6. The summed E-state index contributed by atoms with van der Waals surface area (Å²) in [5.41, 5.74) is 2.42. The van der Waals surface area contributed by atoms with E-state index in [0.717, 1.165) is 36.9 Å². The van der Waals surface area contributed by atoms with Gasteiger partial charge in [-0.1, -0.05) is 19.3 Å². The van der Waals surface area contributed by atoms with Crippen LogP contribution in [0.4, 0.5) is 0 Å². The molecule has 0 bridgehead atoms. The highest BCUT2D eigenvalue weighted by atomic mass is 16.5. The van der Waals surface area contributed by atoms with Gasteiger partial charge in [0.2, 0.25) is 0 Å². The number of carbonyl (C=O) groups is 3. The summed E-state index contributed by atoms with van der Waals surface area (Å²) in [7, 11) is 0. The summed E-state index contributed by atoms with van der Waals surface area (Å²) < 4.78 is 6.79. The van der Waals surface area contributed by atoms with Crippen LogP contribution in [0.3, 0.4) is 0 Å². The second-order valence-electron chi connectivity index (χ2n) is 7.90. The van der Waals surface area contributed by atoms with E-state index in [0.29, 0.717) is 5.56 Å². The van der Waals surface area contributed by atoms with Crippen LogP contribution in [-0.2, 0) is 14.3 Å². The Labute approximate surface area is 176 Å². The van der Waals surface area contributed by atoms with E-state index in [-0.39, 0.29) is 49.6 Å². The molecule has 1 heterocycles. The van der Waals surface area contributed by atoms with Crippen molar-refractivity contribution < 1.29 is 24.2 Å². The first-order chi connectivity index (χ1) is 14.2. The summed E-state index contributed by atoms with van der Waals surface area (Å²) in [6.07, 6.45) is 5.38. The zero-order valence-electron chi connectivity index (χ0n) is 18.1. The lowest BCUT2D eigenvalue weighted by Crippen LogP contribution is -2.38. The number of pyridine rings is 1. The lowest BCUT2D eigenvalue weighted by Gasteiger charge is -2.28. The van der Waals surface area contributed by atoms with E-state index in [1.54, 1.807) is 11.5 Å². The molecule has 0 saturated heterocycles. The highest BCUT2D eigenvalue weighted by Crippen LogP contribution is 2.29. The Morgan fingerprint density at radius 1 is 1.07 bits per heavy atom. The van der Waals surface area contributed by atoms with E-state index in [1.165, 1.54) is 6.42 Å². The smallest absolute Gasteiger partial charge is 0.305 e. The Balaban J connectivity index is 2.01. The number of nitrogens with zero attached hydrogens (tertiary/aromatic N) is 1. The first kappa shape index (κ1) is 23.6. The zero-order valence-corrected chi connectivity index (χ0v) is 18.1. The molecule has 1 fully saturated rings. The fraction of sp³-hybridized carbons (Fsp3) is 0.636. The van der Waals surface area contributed by atoms with Crippen molar-refractivity contribution in [3.05, 3.63) is 32.7 Å². The maximum absolute atomic E-state index is 13.2. The SMILES string of the molecule is Cc1c(C)c(C)n(C2CCCCC2)c(=O)c1C(=O)NCCOC(=O)CCCC(=O)O. The van der Waals surface area contributed by atoms with Crippen molar-refractivity contribution in [3.63, 3.8) is 0 Å². The van der Waals surface area contributed by atoms with E-state index in [2.05, 4.69) is 5.32 Å². The summed E-state index contributed by atoms with van der Waals surface area (Å²) in [5.74, 6) is -1.93. The number of hydrogen-bond donors (Lipinski definition) is 2. The minimum absolute atomic E-state index is 0.0165. The third-order valence-corrected chi connectivity index (χ3v) is 5.86. The van der Waals surface area contributed by atoms with Gasteiger partial charge < -0.3 is 19.7 Å². The molecule has 0 radical (unpaired) electrons. The first-order valence-corrected chi connectivity index (χ1v) is 10.6. The molecule has 1 amide bonds. The zero-order chi connectivity index (χ0) is 22.3. The van der Waals surface area contributed by atoms with Gasteiger partial charge in [0.1, 0.15) is 12.2 Å². The highest BCUT2D eigenvalue weighted by Gasteiger charge is 2.25. The van der Waals surface area contributed by atoms with Crippen LogP contribution in [-0.4, -0.2) is 40.7 Å². The molecule has 2 rings (SSSR count). The quantitative estimate of drug-likeness (QED) is 0.469. The number of esters is 1. The van der Waals surface area contributed by atoms with Gasteiger partial charge in [-0.05, 0) is 51.2 Å². The molecule has 0 spiro atoms. The van der Waals surface area contributed by atoms with Gasteiger partial charge in [-0.15, -0.1) is 0 Å². The van der Waals surface area contributed by atoms with E-state index in [4.69, 9.17) is 9.84 Å². The molecule has 0 aliphatic heterocycles. The lowest BCUT2D eigenvalue weighted by molar-refractivity contribution is -0.143. The molecule has 166 valence electrons. The van der Waals surface area contributed by atoms with Crippen LogP contribution in [0.2, 0.25) is 0 Å². The summed E-state index contributed by atoms with van der Waals surface area (Å²) in [6.45, 7) is 5.70. The fourth-order valence-corrected chi connectivity index (χ4v) is 3.99. The van der Waals surface area contributed by atoms with Crippen molar-refractivity contribution in [2.75, 3.05) is 13.2 Å². The Morgan fingerprint density at radius 3 is 2.37 bits per heavy atom. The van der Waals surface area contributed by atoms with Gasteiger partial charge in [0, 0.05) is 24.6 Å². The van der Waals surface area contributed by atoms with Gasteiger partial charge in [0.05, 0.1) is 6.54 Å². The summed E-state index contributed by atoms with van der Waals surface area (Å²) in [5, 5.41) is 11.2. The van der Waals surface area contributed by atoms with Crippen molar-refractivity contribution >= 4 is 17.8 Å². The molecule has 1 saturated carbocycles. The van der Waals surface area contributed by atoms with Crippen molar-refractivity contribution in [3.8, 4) is 0 Å². The number of carbonyl (C=O) groups excluding carboxylic acids is 2. The molecule has 0 unspecified atom stereocenters. The second kappa shape index (κ2) is 10.9. The number of amides is 1. The lowest BCUT2D eigenvalue weighted by atomic mass is 9.93. The average Bonchev–Trinajstić information content (AvgIpc) is 2.70. The van der Waals surface area contributed by atoms with Crippen molar-refractivity contribution in [1.29, 1.82) is 0 Å². The maximum Gasteiger partial charge on any atom is 0.305 e.